The predicted octanol–water partition coefficient (Wildman–Crippen LogP) is 1.92. The number of aldehydes is 1. The molecule has 0 N–H and O–H groups in total. The highest BCUT2D eigenvalue weighted by Crippen LogP contribution is 2.24. The van der Waals surface area contributed by atoms with E-state index in [0.29, 0.717) is 17.5 Å². The molecule has 1 saturated heterocycles. The Morgan fingerprint density at radius 2 is 2.17 bits per heavy atom. The number of carbonyl (C=O) groups is 1. The second kappa shape index (κ2) is 5.80. The second-order valence-corrected chi connectivity index (χ2v) is 4.59. The van der Waals surface area contributed by atoms with Crippen molar-refractivity contribution in [2.45, 2.75) is 26.2 Å². The SMILES string of the molecule is CCC1CCN(c2nc(C=O)cc(OC)n2)CC1. The number of piperidine rings is 1. The van der Waals surface area contributed by atoms with E-state index in [1.54, 1.807) is 13.2 Å². The summed E-state index contributed by atoms with van der Waals surface area (Å²) < 4.78 is 5.09. The second-order valence-electron chi connectivity index (χ2n) is 4.59. The molecule has 18 heavy (non-hydrogen) atoms. The van der Waals surface area contributed by atoms with Crippen molar-refractivity contribution in [2.75, 3.05) is 25.1 Å². The molecule has 1 fully saturated rings. The van der Waals surface area contributed by atoms with Gasteiger partial charge in [-0.15, -0.1) is 0 Å². The first-order valence-electron chi connectivity index (χ1n) is 6.40. The fourth-order valence-electron chi connectivity index (χ4n) is 2.28. The van der Waals surface area contributed by atoms with Crippen LogP contribution >= 0.6 is 0 Å². The molecule has 0 bridgehead atoms. The first-order valence-corrected chi connectivity index (χ1v) is 6.40. The lowest BCUT2D eigenvalue weighted by Gasteiger charge is -2.31. The van der Waals surface area contributed by atoms with Gasteiger partial charge in [0.25, 0.3) is 0 Å². The lowest BCUT2D eigenvalue weighted by atomic mass is 9.95. The van der Waals surface area contributed by atoms with E-state index < -0.39 is 0 Å². The number of aromatic nitrogens is 2. The molecule has 0 saturated carbocycles. The van der Waals surface area contributed by atoms with E-state index in [1.807, 2.05) is 0 Å². The molecular formula is C13H19N3O2. The lowest BCUT2D eigenvalue weighted by molar-refractivity contribution is 0.111. The first-order chi connectivity index (χ1) is 8.76. The van der Waals surface area contributed by atoms with E-state index in [0.717, 1.165) is 38.1 Å². The molecule has 1 aromatic rings. The Balaban J connectivity index is 2.15. The van der Waals surface area contributed by atoms with Crippen LogP contribution in [0.2, 0.25) is 0 Å². The van der Waals surface area contributed by atoms with Gasteiger partial charge >= 0.3 is 0 Å². The molecule has 2 heterocycles. The molecule has 0 amide bonds. The molecule has 5 heteroatoms. The highest BCUT2D eigenvalue weighted by molar-refractivity contribution is 5.72. The summed E-state index contributed by atoms with van der Waals surface area (Å²) in [5.74, 6) is 1.85. The van der Waals surface area contributed by atoms with E-state index >= 15 is 0 Å². The van der Waals surface area contributed by atoms with Crippen LogP contribution in [0.15, 0.2) is 6.07 Å². The summed E-state index contributed by atoms with van der Waals surface area (Å²) in [5.41, 5.74) is 0.370. The van der Waals surface area contributed by atoms with Gasteiger partial charge in [-0.25, -0.2) is 4.98 Å². The van der Waals surface area contributed by atoms with Gasteiger partial charge in [0.15, 0.2) is 6.29 Å². The van der Waals surface area contributed by atoms with Gasteiger partial charge in [0.1, 0.15) is 5.69 Å². The van der Waals surface area contributed by atoms with Crippen molar-refractivity contribution in [3.8, 4) is 5.88 Å². The van der Waals surface area contributed by atoms with Crippen molar-refractivity contribution in [3.63, 3.8) is 0 Å². The van der Waals surface area contributed by atoms with Crippen LogP contribution in [0.1, 0.15) is 36.7 Å². The maximum absolute atomic E-state index is 10.8. The van der Waals surface area contributed by atoms with Crippen LogP contribution in [-0.4, -0.2) is 36.5 Å². The standard InChI is InChI=1S/C13H19N3O2/c1-3-10-4-6-16(7-5-10)13-14-11(9-17)8-12(15-13)18-2/h8-10H,3-7H2,1-2H3. The predicted molar refractivity (Wildman–Crippen MR) is 69.2 cm³/mol. The molecule has 0 spiro atoms. The number of rotatable bonds is 4. The Morgan fingerprint density at radius 1 is 1.44 bits per heavy atom. The summed E-state index contributed by atoms with van der Waals surface area (Å²) in [5, 5.41) is 0. The minimum absolute atomic E-state index is 0.370. The number of methoxy groups -OCH3 is 1. The molecule has 1 aromatic heterocycles. The van der Waals surface area contributed by atoms with Gasteiger partial charge in [-0.05, 0) is 18.8 Å². The molecule has 0 unspecified atom stereocenters. The van der Waals surface area contributed by atoms with Crippen molar-refractivity contribution in [3.05, 3.63) is 11.8 Å². The topological polar surface area (TPSA) is 55.3 Å². The van der Waals surface area contributed by atoms with E-state index in [1.165, 1.54) is 6.42 Å². The van der Waals surface area contributed by atoms with Crippen molar-refractivity contribution in [1.29, 1.82) is 0 Å². The van der Waals surface area contributed by atoms with Crippen molar-refractivity contribution in [1.82, 2.24) is 9.97 Å². The molecule has 0 radical (unpaired) electrons. The highest BCUT2D eigenvalue weighted by Gasteiger charge is 2.20. The Kier molecular flexibility index (Phi) is 4.12. The Bertz CT molecular complexity index is 415. The van der Waals surface area contributed by atoms with Crippen LogP contribution in [0.5, 0.6) is 5.88 Å². The quantitative estimate of drug-likeness (QED) is 0.763. The van der Waals surface area contributed by atoms with Crippen LogP contribution < -0.4 is 9.64 Å². The third kappa shape index (κ3) is 2.78. The highest BCUT2D eigenvalue weighted by atomic mass is 16.5. The molecule has 1 aliphatic rings. The van der Waals surface area contributed by atoms with Gasteiger partial charge in [-0.3, -0.25) is 4.79 Å². The van der Waals surface area contributed by atoms with E-state index in [9.17, 15) is 4.79 Å². The molecule has 5 nitrogen and oxygen atoms in total. The van der Waals surface area contributed by atoms with Crippen LogP contribution in [-0.2, 0) is 0 Å². The normalized spacial score (nSPS) is 16.7. The molecule has 0 aromatic carbocycles. The van der Waals surface area contributed by atoms with Crippen LogP contribution in [0.3, 0.4) is 0 Å². The zero-order valence-corrected chi connectivity index (χ0v) is 10.9. The summed E-state index contributed by atoms with van der Waals surface area (Å²) in [6, 6.07) is 1.55. The number of carbonyl (C=O) groups excluding carboxylic acids is 1. The fourth-order valence-corrected chi connectivity index (χ4v) is 2.28. The van der Waals surface area contributed by atoms with Crippen molar-refractivity contribution in [2.24, 2.45) is 5.92 Å². The molecule has 0 atom stereocenters. The van der Waals surface area contributed by atoms with E-state index in [4.69, 9.17) is 4.74 Å². The smallest absolute Gasteiger partial charge is 0.229 e. The average Bonchev–Trinajstić information content (AvgIpc) is 2.46. The Labute approximate surface area is 107 Å². The van der Waals surface area contributed by atoms with Crippen LogP contribution in [0.4, 0.5) is 5.95 Å². The fraction of sp³-hybridized carbons (Fsp3) is 0.615. The first kappa shape index (κ1) is 12.8. The van der Waals surface area contributed by atoms with E-state index in [-0.39, 0.29) is 0 Å². The van der Waals surface area contributed by atoms with Gasteiger partial charge in [-0.2, -0.15) is 4.98 Å². The summed E-state index contributed by atoms with van der Waals surface area (Å²) in [4.78, 5) is 21.5. The number of hydrogen-bond donors (Lipinski definition) is 0. The average molecular weight is 249 g/mol. The Hall–Kier alpha value is -1.65. The number of nitrogens with zero attached hydrogens (tertiary/aromatic N) is 3. The summed E-state index contributed by atoms with van der Waals surface area (Å²) in [7, 11) is 1.55. The van der Waals surface area contributed by atoms with Gasteiger partial charge in [0, 0.05) is 19.2 Å². The molecule has 2 rings (SSSR count). The third-order valence-electron chi connectivity index (χ3n) is 3.52. The minimum atomic E-state index is 0.370. The van der Waals surface area contributed by atoms with Gasteiger partial charge in [0.2, 0.25) is 11.8 Å². The largest absolute Gasteiger partial charge is 0.481 e. The maximum Gasteiger partial charge on any atom is 0.229 e. The van der Waals surface area contributed by atoms with Gasteiger partial charge < -0.3 is 9.64 Å². The van der Waals surface area contributed by atoms with Crippen molar-refractivity contribution < 1.29 is 9.53 Å². The molecule has 98 valence electrons. The zero-order valence-electron chi connectivity index (χ0n) is 10.9. The Morgan fingerprint density at radius 3 is 2.72 bits per heavy atom. The number of anilines is 1. The maximum atomic E-state index is 10.8. The van der Waals surface area contributed by atoms with E-state index in [2.05, 4.69) is 21.8 Å². The monoisotopic (exact) mass is 249 g/mol. The third-order valence-corrected chi connectivity index (χ3v) is 3.52. The summed E-state index contributed by atoms with van der Waals surface area (Å²) in [6.45, 7) is 4.13. The van der Waals surface area contributed by atoms with Crippen molar-refractivity contribution >= 4 is 12.2 Å². The summed E-state index contributed by atoms with van der Waals surface area (Å²) in [6.07, 6.45) is 4.28. The minimum Gasteiger partial charge on any atom is -0.481 e. The molecular weight excluding hydrogens is 230 g/mol. The van der Waals surface area contributed by atoms with Gasteiger partial charge in [-0.1, -0.05) is 13.3 Å². The summed E-state index contributed by atoms with van der Waals surface area (Å²) >= 11 is 0. The number of ether oxygens (including phenoxy) is 1. The molecule has 1 aliphatic heterocycles. The van der Waals surface area contributed by atoms with Gasteiger partial charge in [0.05, 0.1) is 7.11 Å². The lowest BCUT2D eigenvalue weighted by Crippen LogP contribution is -2.34. The number of hydrogen-bond acceptors (Lipinski definition) is 5. The van der Waals surface area contributed by atoms with Crippen LogP contribution in [0.25, 0.3) is 0 Å². The van der Waals surface area contributed by atoms with Crippen LogP contribution in [0, 0.1) is 5.92 Å². The molecule has 0 aliphatic carbocycles. The zero-order chi connectivity index (χ0) is 13.0.